The van der Waals surface area contributed by atoms with Crippen LogP contribution in [-0.2, 0) is 4.79 Å². The van der Waals surface area contributed by atoms with Gasteiger partial charge in [-0.3, -0.25) is 4.79 Å². The van der Waals surface area contributed by atoms with Crippen molar-refractivity contribution in [3.63, 3.8) is 0 Å². The summed E-state index contributed by atoms with van der Waals surface area (Å²) in [6, 6.07) is 12.8. The number of nitrogens with zero attached hydrogens (tertiary/aromatic N) is 4. The van der Waals surface area contributed by atoms with Crippen molar-refractivity contribution in [2.75, 3.05) is 37.7 Å². The minimum Gasteiger partial charge on any atom is -0.485 e. The predicted molar refractivity (Wildman–Crippen MR) is 104 cm³/mol. The molecular formula is C21H18N4O5. The summed E-state index contributed by atoms with van der Waals surface area (Å²) >= 11 is 0. The van der Waals surface area contributed by atoms with Crippen LogP contribution in [0, 0.1) is 11.3 Å². The number of furan rings is 1. The Hall–Kier alpha value is -3.93. The normalized spacial score (nSPS) is 18.2. The third kappa shape index (κ3) is 3.22. The molecule has 30 heavy (non-hydrogen) atoms. The number of benzene rings is 1. The summed E-state index contributed by atoms with van der Waals surface area (Å²) in [5.74, 6) is 2.22. The fraction of sp³-hybridized carbons (Fsp3) is 0.286. The molecule has 3 aromatic rings. The number of carbonyl (C=O) groups excluding carboxylic acids is 1. The first-order valence-electron chi connectivity index (χ1n) is 9.60. The maximum atomic E-state index is 12.9. The van der Waals surface area contributed by atoms with Gasteiger partial charge in [-0.15, -0.1) is 0 Å². The maximum Gasteiger partial charge on any atom is 0.267 e. The Balaban J connectivity index is 1.25. The lowest BCUT2D eigenvalue weighted by molar-refractivity contribution is -0.141. The molecule has 2 aliphatic heterocycles. The molecule has 0 spiro atoms. The Bertz CT molecular complexity index is 1090. The van der Waals surface area contributed by atoms with Crippen molar-refractivity contribution in [3.05, 3.63) is 48.4 Å². The standard InChI is InChI=1S/C21H18N4O5/c22-12-14-21(30-19(23-14)17-6-3-11-27-17)25-9-7-24(8-10-25)20(26)18-13-28-15-4-1-2-5-16(15)29-18/h1-6,11,18H,7-10,13H2. The zero-order chi connectivity index (χ0) is 20.5. The SMILES string of the molecule is N#Cc1nc(-c2ccco2)oc1N1CCN(C(=O)C2COc3ccccc3O2)CC1. The second-order valence-electron chi connectivity index (χ2n) is 6.94. The smallest absolute Gasteiger partial charge is 0.267 e. The van der Waals surface area contributed by atoms with Crippen LogP contribution in [-0.4, -0.2) is 54.7 Å². The number of piperazine rings is 1. The second-order valence-corrected chi connectivity index (χ2v) is 6.94. The largest absolute Gasteiger partial charge is 0.485 e. The summed E-state index contributed by atoms with van der Waals surface area (Å²) in [6.45, 7) is 2.15. The molecule has 4 heterocycles. The number of ether oxygens (including phenoxy) is 2. The Morgan fingerprint density at radius 1 is 1.10 bits per heavy atom. The van der Waals surface area contributed by atoms with Gasteiger partial charge in [-0.2, -0.15) is 10.2 Å². The highest BCUT2D eigenvalue weighted by molar-refractivity contribution is 5.82. The molecule has 152 valence electrons. The van der Waals surface area contributed by atoms with E-state index in [0.717, 1.165) is 0 Å². The second kappa shape index (κ2) is 7.48. The lowest BCUT2D eigenvalue weighted by atomic mass is 10.2. The van der Waals surface area contributed by atoms with E-state index in [1.807, 2.05) is 23.1 Å². The van der Waals surface area contributed by atoms with Gasteiger partial charge in [0.1, 0.15) is 12.7 Å². The molecular weight excluding hydrogens is 388 g/mol. The van der Waals surface area contributed by atoms with Gasteiger partial charge in [0, 0.05) is 26.2 Å². The minimum atomic E-state index is -0.669. The van der Waals surface area contributed by atoms with Gasteiger partial charge in [0.2, 0.25) is 17.7 Å². The third-order valence-corrected chi connectivity index (χ3v) is 5.11. The van der Waals surface area contributed by atoms with Crippen molar-refractivity contribution in [1.82, 2.24) is 9.88 Å². The predicted octanol–water partition coefficient (Wildman–Crippen LogP) is 2.29. The topological polar surface area (TPSA) is 105 Å². The van der Waals surface area contributed by atoms with Crippen molar-refractivity contribution in [3.8, 4) is 29.2 Å². The van der Waals surface area contributed by atoms with Gasteiger partial charge >= 0.3 is 0 Å². The molecule has 2 aliphatic rings. The number of amides is 1. The molecule has 0 N–H and O–H groups in total. The van der Waals surface area contributed by atoms with E-state index >= 15 is 0 Å². The molecule has 0 saturated carbocycles. The third-order valence-electron chi connectivity index (χ3n) is 5.11. The van der Waals surface area contributed by atoms with Crippen molar-refractivity contribution in [1.29, 1.82) is 5.26 Å². The number of aromatic nitrogens is 1. The van der Waals surface area contributed by atoms with Crippen LogP contribution in [0.15, 0.2) is 51.5 Å². The van der Waals surface area contributed by atoms with Crippen molar-refractivity contribution < 1.29 is 23.1 Å². The summed E-state index contributed by atoms with van der Waals surface area (Å²) in [6.07, 6.45) is 0.849. The minimum absolute atomic E-state index is 0.112. The Kier molecular flexibility index (Phi) is 4.52. The van der Waals surface area contributed by atoms with Gasteiger partial charge in [0.25, 0.3) is 11.8 Å². The van der Waals surface area contributed by atoms with Gasteiger partial charge in [-0.05, 0) is 24.3 Å². The molecule has 2 aromatic heterocycles. The van der Waals surface area contributed by atoms with Gasteiger partial charge in [-0.25, -0.2) is 0 Å². The summed E-state index contributed by atoms with van der Waals surface area (Å²) in [4.78, 5) is 20.8. The summed E-state index contributed by atoms with van der Waals surface area (Å²) < 4.78 is 22.6. The Morgan fingerprint density at radius 3 is 2.63 bits per heavy atom. The first-order chi connectivity index (χ1) is 14.7. The monoisotopic (exact) mass is 406 g/mol. The highest BCUT2D eigenvalue weighted by atomic mass is 16.6. The summed E-state index contributed by atoms with van der Waals surface area (Å²) in [5, 5.41) is 9.43. The molecule has 1 amide bonds. The van der Waals surface area contributed by atoms with Gasteiger partial charge in [0.15, 0.2) is 17.3 Å². The number of hydrogen-bond acceptors (Lipinski definition) is 8. The number of fused-ring (bicyclic) bond motifs is 1. The van der Waals surface area contributed by atoms with E-state index in [1.165, 1.54) is 6.26 Å². The average Bonchev–Trinajstić information content (AvgIpc) is 3.48. The van der Waals surface area contributed by atoms with Crippen LogP contribution < -0.4 is 14.4 Å². The van der Waals surface area contributed by atoms with E-state index in [1.54, 1.807) is 23.1 Å². The zero-order valence-electron chi connectivity index (χ0n) is 16.0. The quantitative estimate of drug-likeness (QED) is 0.652. The van der Waals surface area contributed by atoms with E-state index in [-0.39, 0.29) is 24.1 Å². The Labute approximate surface area is 172 Å². The van der Waals surface area contributed by atoms with E-state index in [2.05, 4.69) is 11.1 Å². The van der Waals surface area contributed by atoms with Crippen LogP contribution in [0.5, 0.6) is 11.5 Å². The number of nitriles is 1. The highest BCUT2D eigenvalue weighted by Crippen LogP contribution is 2.32. The molecule has 1 saturated heterocycles. The van der Waals surface area contributed by atoms with Gasteiger partial charge < -0.3 is 28.1 Å². The molecule has 9 heteroatoms. The lowest BCUT2D eigenvalue weighted by Crippen LogP contribution is -2.54. The number of anilines is 1. The van der Waals surface area contributed by atoms with E-state index < -0.39 is 6.10 Å². The molecule has 0 aliphatic carbocycles. The molecule has 1 fully saturated rings. The van der Waals surface area contributed by atoms with Gasteiger partial charge in [0.05, 0.1) is 6.26 Å². The van der Waals surface area contributed by atoms with Crippen LogP contribution in [0.4, 0.5) is 5.88 Å². The number of hydrogen-bond donors (Lipinski definition) is 0. The number of oxazole rings is 1. The molecule has 5 rings (SSSR count). The average molecular weight is 406 g/mol. The summed E-state index contributed by atoms with van der Waals surface area (Å²) in [7, 11) is 0. The van der Waals surface area contributed by atoms with Gasteiger partial charge in [-0.1, -0.05) is 12.1 Å². The summed E-state index contributed by atoms with van der Waals surface area (Å²) in [5.41, 5.74) is 0.196. The first kappa shape index (κ1) is 18.1. The van der Waals surface area contributed by atoms with E-state index in [0.29, 0.717) is 49.3 Å². The lowest BCUT2D eigenvalue weighted by Gasteiger charge is -2.37. The van der Waals surface area contributed by atoms with Crippen molar-refractivity contribution >= 4 is 11.8 Å². The van der Waals surface area contributed by atoms with Crippen LogP contribution in [0.1, 0.15) is 5.69 Å². The molecule has 1 unspecified atom stereocenters. The van der Waals surface area contributed by atoms with Crippen LogP contribution in [0.2, 0.25) is 0 Å². The fourth-order valence-electron chi connectivity index (χ4n) is 3.58. The number of rotatable bonds is 3. The molecule has 1 atom stereocenters. The first-order valence-corrected chi connectivity index (χ1v) is 9.60. The Morgan fingerprint density at radius 2 is 1.90 bits per heavy atom. The number of carbonyl (C=O) groups is 1. The van der Waals surface area contributed by atoms with Crippen LogP contribution in [0.25, 0.3) is 11.7 Å². The molecule has 0 bridgehead atoms. The highest BCUT2D eigenvalue weighted by Gasteiger charge is 2.34. The van der Waals surface area contributed by atoms with E-state index in [4.69, 9.17) is 18.3 Å². The fourth-order valence-corrected chi connectivity index (χ4v) is 3.58. The van der Waals surface area contributed by atoms with Crippen LogP contribution >= 0.6 is 0 Å². The van der Waals surface area contributed by atoms with Crippen molar-refractivity contribution in [2.45, 2.75) is 6.10 Å². The van der Waals surface area contributed by atoms with Crippen LogP contribution in [0.3, 0.4) is 0 Å². The van der Waals surface area contributed by atoms with E-state index in [9.17, 15) is 10.1 Å². The molecule has 9 nitrogen and oxygen atoms in total. The molecule has 1 aromatic carbocycles. The molecule has 0 radical (unpaired) electrons. The maximum absolute atomic E-state index is 12.9. The van der Waals surface area contributed by atoms with Crippen molar-refractivity contribution in [2.24, 2.45) is 0 Å². The zero-order valence-corrected chi connectivity index (χ0v) is 16.0. The number of para-hydroxylation sites is 2.